The number of thioether (sulfide) groups is 1. The fourth-order valence-corrected chi connectivity index (χ4v) is 6.03. The highest BCUT2D eigenvalue weighted by Crippen LogP contribution is 2.30. The van der Waals surface area contributed by atoms with E-state index in [1.807, 2.05) is 29.2 Å². The Bertz CT molecular complexity index is 1080. The molecule has 0 spiro atoms. The van der Waals surface area contributed by atoms with E-state index in [9.17, 15) is 4.79 Å². The summed E-state index contributed by atoms with van der Waals surface area (Å²) < 4.78 is 7.83. The van der Waals surface area contributed by atoms with E-state index < -0.39 is 0 Å². The van der Waals surface area contributed by atoms with Gasteiger partial charge in [-0.25, -0.2) is 0 Å². The first-order chi connectivity index (χ1) is 16.6. The third-order valence-corrected chi connectivity index (χ3v) is 7.74. The van der Waals surface area contributed by atoms with Crippen molar-refractivity contribution >= 4 is 23.6 Å². The third-order valence-electron chi connectivity index (χ3n) is 6.71. The summed E-state index contributed by atoms with van der Waals surface area (Å²) in [5.74, 6) is 3.99. The number of likely N-dealkylation sites (tertiary alicyclic amines) is 1. The van der Waals surface area contributed by atoms with Crippen LogP contribution in [0, 0.1) is 11.8 Å². The molecule has 5 rings (SSSR count). The fourth-order valence-electron chi connectivity index (χ4n) is 5.14. The topological polar surface area (TPSA) is 67.4 Å². The van der Waals surface area contributed by atoms with Gasteiger partial charge in [0.2, 0.25) is 5.95 Å². The van der Waals surface area contributed by atoms with Crippen molar-refractivity contribution < 1.29 is 9.21 Å². The number of hydrogen-bond acceptors (Lipinski definition) is 6. The molecule has 2 saturated heterocycles. The number of piperidine rings is 1. The monoisotopic (exact) mass is 479 g/mol. The summed E-state index contributed by atoms with van der Waals surface area (Å²) in [6.45, 7) is 8.97. The largest absolute Gasteiger partial charge is 0.467 e. The number of nitrogens with zero attached hydrogens (tertiary/aromatic N) is 5. The van der Waals surface area contributed by atoms with Gasteiger partial charge >= 0.3 is 0 Å². The molecule has 8 heteroatoms. The molecule has 7 nitrogen and oxygen atoms in total. The number of rotatable bonds is 7. The van der Waals surface area contributed by atoms with Gasteiger partial charge in [0.05, 0.1) is 12.8 Å². The van der Waals surface area contributed by atoms with Gasteiger partial charge in [-0.3, -0.25) is 9.36 Å². The molecule has 2 fully saturated rings. The number of furan rings is 1. The third kappa shape index (κ3) is 5.17. The van der Waals surface area contributed by atoms with Crippen LogP contribution in [-0.4, -0.2) is 51.8 Å². The molecule has 2 aliphatic heterocycles. The van der Waals surface area contributed by atoms with Gasteiger partial charge in [0.1, 0.15) is 5.76 Å². The summed E-state index contributed by atoms with van der Waals surface area (Å²) in [6, 6.07) is 11.9. The Balaban J connectivity index is 1.31. The van der Waals surface area contributed by atoms with E-state index in [-0.39, 0.29) is 5.91 Å². The van der Waals surface area contributed by atoms with Crippen LogP contribution in [0.15, 0.2) is 52.2 Å². The molecule has 34 heavy (non-hydrogen) atoms. The lowest BCUT2D eigenvalue weighted by Crippen LogP contribution is -2.40. The molecule has 180 valence electrons. The number of anilines is 1. The summed E-state index contributed by atoms with van der Waals surface area (Å²) in [7, 11) is 0. The van der Waals surface area contributed by atoms with Crippen molar-refractivity contribution in [1.82, 2.24) is 19.7 Å². The van der Waals surface area contributed by atoms with E-state index >= 15 is 0 Å². The summed E-state index contributed by atoms with van der Waals surface area (Å²) >= 11 is 1.67. The molecule has 0 N–H and O–H groups in total. The van der Waals surface area contributed by atoms with Gasteiger partial charge in [0.25, 0.3) is 5.91 Å². The highest BCUT2D eigenvalue weighted by atomic mass is 32.2. The predicted molar refractivity (Wildman–Crippen MR) is 134 cm³/mol. The van der Waals surface area contributed by atoms with Crippen molar-refractivity contribution in [2.75, 3.05) is 31.1 Å². The van der Waals surface area contributed by atoms with Crippen LogP contribution < -0.4 is 4.90 Å². The first-order valence-electron chi connectivity index (χ1n) is 12.3. The second-order valence-corrected chi connectivity index (χ2v) is 10.7. The maximum absolute atomic E-state index is 12.6. The van der Waals surface area contributed by atoms with Crippen molar-refractivity contribution in [1.29, 1.82) is 0 Å². The average molecular weight is 480 g/mol. The molecule has 2 atom stereocenters. The Hall–Kier alpha value is -2.74. The Morgan fingerprint density at radius 3 is 2.47 bits per heavy atom. The zero-order valence-corrected chi connectivity index (χ0v) is 20.8. The maximum atomic E-state index is 12.6. The number of aromatic nitrogens is 3. The summed E-state index contributed by atoms with van der Waals surface area (Å²) in [6.07, 6.45) is 5.18. The highest BCUT2D eigenvalue weighted by Gasteiger charge is 2.27. The molecule has 1 aromatic carbocycles. The van der Waals surface area contributed by atoms with Crippen molar-refractivity contribution in [3.8, 4) is 0 Å². The Morgan fingerprint density at radius 1 is 1.06 bits per heavy atom. The van der Waals surface area contributed by atoms with Gasteiger partial charge in [0.15, 0.2) is 5.16 Å². The zero-order valence-electron chi connectivity index (χ0n) is 20.0. The molecule has 0 bridgehead atoms. The van der Waals surface area contributed by atoms with Crippen molar-refractivity contribution in [3.05, 3.63) is 59.5 Å². The molecule has 1 amide bonds. The minimum absolute atomic E-state index is 0.143. The molecule has 0 radical (unpaired) electrons. The minimum Gasteiger partial charge on any atom is -0.467 e. The summed E-state index contributed by atoms with van der Waals surface area (Å²) in [5, 5.41) is 10.1. The van der Waals surface area contributed by atoms with E-state index in [2.05, 4.69) is 45.6 Å². The van der Waals surface area contributed by atoms with Crippen molar-refractivity contribution in [2.24, 2.45) is 11.8 Å². The molecule has 2 unspecified atom stereocenters. The first kappa shape index (κ1) is 23.0. The lowest BCUT2D eigenvalue weighted by atomic mass is 9.92. The van der Waals surface area contributed by atoms with Crippen molar-refractivity contribution in [3.63, 3.8) is 0 Å². The Labute approximate surface area is 205 Å². The van der Waals surface area contributed by atoms with E-state index in [1.54, 1.807) is 18.0 Å². The standard InChI is InChI=1S/C26H33N5O2S/c1-19-14-20(2)16-30(15-19)25-27-28-26(31(25)17-23-6-5-13-33-23)34-18-21-7-9-22(10-8-21)24(32)29-11-3-4-12-29/h5-10,13,19-20H,3-4,11-12,14-18H2,1-2H3. The second-order valence-electron chi connectivity index (χ2n) is 9.78. The van der Waals surface area contributed by atoms with Crippen LogP contribution in [0.2, 0.25) is 0 Å². The molecule has 4 heterocycles. The van der Waals surface area contributed by atoms with Gasteiger partial charge in [-0.1, -0.05) is 37.7 Å². The molecular weight excluding hydrogens is 446 g/mol. The lowest BCUT2D eigenvalue weighted by molar-refractivity contribution is 0.0793. The first-order valence-corrected chi connectivity index (χ1v) is 13.3. The zero-order chi connectivity index (χ0) is 23.5. The van der Waals surface area contributed by atoms with E-state index in [4.69, 9.17) is 4.42 Å². The minimum atomic E-state index is 0.143. The van der Waals surface area contributed by atoms with E-state index in [1.165, 1.54) is 6.42 Å². The molecule has 2 aliphatic rings. The van der Waals surface area contributed by atoms with E-state index in [0.29, 0.717) is 18.4 Å². The number of carbonyl (C=O) groups excluding carboxylic acids is 1. The smallest absolute Gasteiger partial charge is 0.253 e. The van der Waals surface area contributed by atoms with Gasteiger partial charge in [-0.05, 0) is 60.9 Å². The SMILES string of the molecule is CC1CC(C)CN(c2nnc(SCc3ccc(C(=O)N4CCCC4)cc3)n2Cc2ccco2)C1. The van der Waals surface area contributed by atoms with Crippen LogP contribution in [0.5, 0.6) is 0 Å². The van der Waals surface area contributed by atoms with Crippen molar-refractivity contribution in [2.45, 2.75) is 50.6 Å². The second kappa shape index (κ2) is 10.3. The maximum Gasteiger partial charge on any atom is 0.253 e. The number of carbonyl (C=O) groups is 1. The van der Waals surface area contributed by atoms with Crippen LogP contribution >= 0.6 is 11.8 Å². The number of hydrogen-bond donors (Lipinski definition) is 0. The van der Waals surface area contributed by atoms with Gasteiger partial charge in [-0.15, -0.1) is 10.2 Å². The number of amides is 1. The summed E-state index contributed by atoms with van der Waals surface area (Å²) in [4.78, 5) is 16.9. The van der Waals surface area contributed by atoms with Crippen LogP contribution in [0.4, 0.5) is 5.95 Å². The van der Waals surface area contributed by atoms with Gasteiger partial charge < -0.3 is 14.2 Å². The van der Waals surface area contributed by atoms with Crippen LogP contribution in [0.3, 0.4) is 0 Å². The van der Waals surface area contributed by atoms with Crippen LogP contribution in [0.25, 0.3) is 0 Å². The normalized spacial score (nSPS) is 20.8. The fraction of sp³-hybridized carbons (Fsp3) is 0.500. The molecule has 2 aromatic heterocycles. The van der Waals surface area contributed by atoms with Gasteiger partial charge in [-0.2, -0.15) is 0 Å². The van der Waals surface area contributed by atoms with E-state index in [0.717, 1.165) is 72.8 Å². The van der Waals surface area contributed by atoms with Crippen LogP contribution in [-0.2, 0) is 12.3 Å². The average Bonchev–Trinajstić information content (AvgIpc) is 3.60. The Morgan fingerprint density at radius 2 is 1.79 bits per heavy atom. The predicted octanol–water partition coefficient (Wildman–Crippen LogP) is 4.93. The van der Waals surface area contributed by atoms with Gasteiger partial charge in [0, 0.05) is 37.5 Å². The molecule has 3 aromatic rings. The summed E-state index contributed by atoms with van der Waals surface area (Å²) in [5.41, 5.74) is 1.93. The lowest BCUT2D eigenvalue weighted by Gasteiger charge is -2.35. The molecular formula is C26H33N5O2S. The highest BCUT2D eigenvalue weighted by molar-refractivity contribution is 7.98. The number of benzene rings is 1. The molecule has 0 aliphatic carbocycles. The Kier molecular flexibility index (Phi) is 6.94. The quantitative estimate of drug-likeness (QED) is 0.448. The van der Waals surface area contributed by atoms with Crippen LogP contribution in [0.1, 0.15) is 54.8 Å². The molecule has 0 saturated carbocycles.